The standard InChI is InChI=1S/C18H22O6.C16H26O2/c1-3-17(19)23-12-22-15-8-10-16(11-9-15)24-18(20)13-4-6-14(21-2)7-5-13;1-3-16(17)18-15-10-8-14(9-11-15)13-6-4-12(2)5-7-13/h3,8-11,13-14H,1,4-7,12H2,2H3;3,12-15H,1,4-11H2,2H3. The summed E-state index contributed by atoms with van der Waals surface area (Å²) in [4.78, 5) is 34.2. The van der Waals surface area contributed by atoms with Crippen LogP contribution < -0.4 is 9.47 Å². The summed E-state index contributed by atoms with van der Waals surface area (Å²) in [6, 6.07) is 6.57. The van der Waals surface area contributed by atoms with Gasteiger partial charge in [-0.25, -0.2) is 9.59 Å². The molecule has 3 fully saturated rings. The van der Waals surface area contributed by atoms with Crippen molar-refractivity contribution in [3.63, 3.8) is 0 Å². The summed E-state index contributed by atoms with van der Waals surface area (Å²) in [6.07, 6.45) is 16.3. The van der Waals surface area contributed by atoms with Crippen molar-refractivity contribution in [2.45, 2.75) is 96.2 Å². The lowest BCUT2D eigenvalue weighted by molar-refractivity contribution is -0.145. The van der Waals surface area contributed by atoms with Gasteiger partial charge < -0.3 is 23.7 Å². The molecule has 0 saturated heterocycles. The van der Waals surface area contributed by atoms with E-state index in [9.17, 15) is 14.4 Å². The van der Waals surface area contributed by atoms with Gasteiger partial charge in [0.05, 0.1) is 12.0 Å². The fraction of sp³-hybridized carbons (Fsp3) is 0.618. The Morgan fingerprint density at radius 2 is 1.26 bits per heavy atom. The Balaban J connectivity index is 0.000000240. The highest BCUT2D eigenvalue weighted by molar-refractivity contribution is 5.81. The van der Waals surface area contributed by atoms with Gasteiger partial charge in [-0.2, -0.15) is 0 Å². The average Bonchev–Trinajstić information content (AvgIpc) is 3.03. The van der Waals surface area contributed by atoms with E-state index in [4.69, 9.17) is 23.7 Å². The van der Waals surface area contributed by atoms with E-state index in [1.165, 1.54) is 44.6 Å². The van der Waals surface area contributed by atoms with E-state index in [0.717, 1.165) is 62.4 Å². The smallest absolute Gasteiger partial charge is 0.333 e. The Hall–Kier alpha value is -3.13. The highest BCUT2D eigenvalue weighted by Gasteiger charge is 2.31. The van der Waals surface area contributed by atoms with Crippen molar-refractivity contribution in [1.82, 2.24) is 0 Å². The molecule has 0 spiro atoms. The minimum atomic E-state index is -0.552. The largest absolute Gasteiger partial charge is 0.459 e. The van der Waals surface area contributed by atoms with E-state index in [1.807, 2.05) is 0 Å². The fourth-order valence-electron chi connectivity index (χ4n) is 6.20. The predicted octanol–water partition coefficient (Wildman–Crippen LogP) is 6.96. The number of rotatable bonds is 10. The minimum Gasteiger partial charge on any atom is -0.459 e. The zero-order valence-corrected chi connectivity index (χ0v) is 25.3. The first kappa shape index (κ1) is 33.4. The molecule has 0 amide bonds. The first-order valence-corrected chi connectivity index (χ1v) is 15.4. The Morgan fingerprint density at radius 3 is 1.81 bits per heavy atom. The summed E-state index contributed by atoms with van der Waals surface area (Å²) in [5, 5.41) is 0. The molecule has 0 aromatic heterocycles. The quantitative estimate of drug-likeness (QED) is 0.126. The molecule has 0 bridgehead atoms. The lowest BCUT2D eigenvalue weighted by Gasteiger charge is -2.36. The van der Waals surface area contributed by atoms with Crippen LogP contribution in [0.4, 0.5) is 0 Å². The molecule has 0 heterocycles. The van der Waals surface area contributed by atoms with Crippen LogP contribution in [0.2, 0.25) is 0 Å². The van der Waals surface area contributed by atoms with Gasteiger partial charge in [-0.05, 0) is 106 Å². The van der Waals surface area contributed by atoms with Crippen LogP contribution in [0.15, 0.2) is 49.6 Å². The SMILES string of the molecule is C=CC(=O)OC1CCC(C2CCC(C)CC2)CC1.C=CC(=O)OCOc1ccc(OC(=O)C2CCC(OC)CC2)cc1. The molecule has 3 aliphatic carbocycles. The van der Waals surface area contributed by atoms with Gasteiger partial charge in [-0.15, -0.1) is 0 Å². The Kier molecular flexibility index (Phi) is 14.1. The number of esters is 3. The molecule has 8 heteroatoms. The van der Waals surface area contributed by atoms with E-state index in [2.05, 4.69) is 20.1 Å². The van der Waals surface area contributed by atoms with Crippen molar-refractivity contribution < 1.29 is 38.1 Å². The van der Waals surface area contributed by atoms with Crippen LogP contribution in [0, 0.1) is 23.7 Å². The molecule has 1 aromatic carbocycles. The second-order valence-corrected chi connectivity index (χ2v) is 11.7. The summed E-state index contributed by atoms with van der Waals surface area (Å²) in [7, 11) is 1.70. The van der Waals surface area contributed by atoms with Crippen LogP contribution in [0.25, 0.3) is 0 Å². The van der Waals surface area contributed by atoms with Gasteiger partial charge in [0, 0.05) is 19.3 Å². The lowest BCUT2D eigenvalue weighted by atomic mass is 9.71. The summed E-state index contributed by atoms with van der Waals surface area (Å²) in [6.45, 7) is 8.91. The molecule has 0 N–H and O–H groups in total. The van der Waals surface area contributed by atoms with Crippen LogP contribution in [0.3, 0.4) is 0 Å². The van der Waals surface area contributed by atoms with Gasteiger partial charge in [0.25, 0.3) is 0 Å². The summed E-state index contributed by atoms with van der Waals surface area (Å²) in [5.74, 6) is 2.63. The molecule has 3 saturated carbocycles. The third kappa shape index (κ3) is 11.3. The Bertz CT molecular complexity index is 995. The first-order valence-electron chi connectivity index (χ1n) is 15.4. The number of methoxy groups -OCH3 is 1. The minimum absolute atomic E-state index is 0.0781. The van der Waals surface area contributed by atoms with Crippen molar-refractivity contribution in [2.24, 2.45) is 23.7 Å². The fourth-order valence-corrected chi connectivity index (χ4v) is 6.20. The topological polar surface area (TPSA) is 97.4 Å². The number of carbonyl (C=O) groups excluding carboxylic acids is 3. The van der Waals surface area contributed by atoms with E-state index in [1.54, 1.807) is 31.4 Å². The van der Waals surface area contributed by atoms with Gasteiger partial charge in [0.1, 0.15) is 17.6 Å². The van der Waals surface area contributed by atoms with Gasteiger partial charge in [-0.3, -0.25) is 4.79 Å². The molecule has 3 aliphatic rings. The van der Waals surface area contributed by atoms with E-state index < -0.39 is 5.97 Å². The van der Waals surface area contributed by atoms with Crippen molar-refractivity contribution >= 4 is 17.9 Å². The third-order valence-corrected chi connectivity index (χ3v) is 8.87. The first-order chi connectivity index (χ1) is 20.3. The van der Waals surface area contributed by atoms with Gasteiger partial charge >= 0.3 is 17.9 Å². The normalized spacial score (nSPS) is 27.3. The molecule has 0 atom stereocenters. The maximum atomic E-state index is 12.2. The summed E-state index contributed by atoms with van der Waals surface area (Å²) < 4.78 is 26.0. The second kappa shape index (κ2) is 17.7. The molecular weight excluding hydrogens is 536 g/mol. The van der Waals surface area contributed by atoms with Crippen LogP contribution in [0.1, 0.15) is 84.0 Å². The maximum absolute atomic E-state index is 12.2. The van der Waals surface area contributed by atoms with Crippen molar-refractivity contribution in [3.05, 3.63) is 49.6 Å². The third-order valence-electron chi connectivity index (χ3n) is 8.87. The Labute approximate surface area is 250 Å². The van der Waals surface area contributed by atoms with Gasteiger partial charge in [-0.1, -0.05) is 32.9 Å². The van der Waals surface area contributed by atoms with Gasteiger partial charge in [0.2, 0.25) is 6.79 Å². The molecular formula is C34H48O8. The zero-order chi connectivity index (χ0) is 30.3. The van der Waals surface area contributed by atoms with E-state index in [0.29, 0.717) is 11.5 Å². The number of hydrogen-bond donors (Lipinski definition) is 0. The molecule has 0 aliphatic heterocycles. The van der Waals surface area contributed by atoms with Crippen molar-refractivity contribution in [1.29, 1.82) is 0 Å². The molecule has 0 radical (unpaired) electrons. The average molecular weight is 585 g/mol. The molecule has 0 unspecified atom stereocenters. The summed E-state index contributed by atoms with van der Waals surface area (Å²) >= 11 is 0. The molecule has 232 valence electrons. The molecule has 42 heavy (non-hydrogen) atoms. The summed E-state index contributed by atoms with van der Waals surface area (Å²) in [5.41, 5.74) is 0. The maximum Gasteiger partial charge on any atom is 0.333 e. The molecule has 4 rings (SSSR count). The molecule has 1 aromatic rings. The van der Waals surface area contributed by atoms with Crippen molar-refractivity contribution in [2.75, 3.05) is 13.9 Å². The number of ether oxygens (including phenoxy) is 5. The highest BCUT2D eigenvalue weighted by atomic mass is 16.7. The van der Waals surface area contributed by atoms with Gasteiger partial charge in [0.15, 0.2) is 0 Å². The van der Waals surface area contributed by atoms with E-state index >= 15 is 0 Å². The monoisotopic (exact) mass is 584 g/mol. The lowest BCUT2D eigenvalue weighted by Crippen LogP contribution is -2.29. The van der Waals surface area contributed by atoms with Crippen LogP contribution in [-0.2, 0) is 28.6 Å². The van der Waals surface area contributed by atoms with Crippen molar-refractivity contribution in [3.8, 4) is 11.5 Å². The zero-order valence-electron chi connectivity index (χ0n) is 25.3. The van der Waals surface area contributed by atoms with Crippen LogP contribution in [-0.4, -0.2) is 44.0 Å². The second-order valence-electron chi connectivity index (χ2n) is 11.7. The van der Waals surface area contributed by atoms with Crippen LogP contribution >= 0.6 is 0 Å². The Morgan fingerprint density at radius 1 is 0.738 bits per heavy atom. The predicted molar refractivity (Wildman–Crippen MR) is 160 cm³/mol. The number of hydrogen-bond acceptors (Lipinski definition) is 8. The van der Waals surface area contributed by atoms with Crippen LogP contribution in [0.5, 0.6) is 11.5 Å². The number of benzene rings is 1. The van der Waals surface area contributed by atoms with E-state index in [-0.39, 0.29) is 36.9 Å². The molecule has 8 nitrogen and oxygen atoms in total. The number of carbonyl (C=O) groups is 3. The highest BCUT2D eigenvalue weighted by Crippen LogP contribution is 2.40.